The number of carbonyl (C=O) groups is 3. The molecule has 1 unspecified atom stereocenters. The van der Waals surface area contributed by atoms with Gasteiger partial charge in [0.05, 0.1) is 0 Å². The molecule has 1 heterocycles. The van der Waals surface area contributed by atoms with Gasteiger partial charge >= 0.3 is 0 Å². The summed E-state index contributed by atoms with van der Waals surface area (Å²) in [6.07, 6.45) is 2.01. The Morgan fingerprint density at radius 1 is 0.857 bits per heavy atom. The Bertz CT molecular complexity index is 1090. The zero-order chi connectivity index (χ0) is 25.1. The van der Waals surface area contributed by atoms with Gasteiger partial charge in [0, 0.05) is 47.4 Å². The quantitative estimate of drug-likeness (QED) is 0.667. The maximum Gasteiger partial charge on any atom is 0.264 e. The number of nitrogens with zero attached hydrogens (tertiary/aromatic N) is 2. The largest absolute Gasteiger partial charge is 0.350 e. The Labute approximate surface area is 207 Å². The van der Waals surface area contributed by atoms with E-state index in [9.17, 15) is 23.2 Å². The Balaban J connectivity index is 1.65. The third kappa shape index (κ3) is 5.79. The highest BCUT2D eigenvalue weighted by molar-refractivity contribution is 6.30. The van der Waals surface area contributed by atoms with Gasteiger partial charge in [0.1, 0.15) is 11.6 Å². The topological polar surface area (TPSA) is 95.7 Å². The summed E-state index contributed by atoms with van der Waals surface area (Å²) < 4.78 is 27.7. The molecule has 7 nitrogen and oxygen atoms in total. The molecule has 1 atom stereocenters. The minimum atomic E-state index is -1.28. The number of nitrogens with two attached hydrogens (primary N) is 1. The molecule has 0 bridgehead atoms. The molecule has 2 aliphatic rings. The summed E-state index contributed by atoms with van der Waals surface area (Å²) in [6.45, 7) is 0.380. The lowest BCUT2D eigenvalue weighted by Crippen LogP contribution is -2.64. The van der Waals surface area contributed by atoms with Crippen LogP contribution in [0.5, 0.6) is 0 Å². The van der Waals surface area contributed by atoms with Crippen molar-refractivity contribution in [3.05, 3.63) is 70.2 Å². The fourth-order valence-electron chi connectivity index (χ4n) is 4.67. The van der Waals surface area contributed by atoms with Crippen molar-refractivity contribution in [3.8, 4) is 0 Å². The maximum atomic E-state index is 13.8. The van der Waals surface area contributed by atoms with Crippen molar-refractivity contribution in [2.75, 3.05) is 13.1 Å². The monoisotopic (exact) mass is 504 g/mol. The predicted molar refractivity (Wildman–Crippen MR) is 127 cm³/mol. The average molecular weight is 505 g/mol. The fourth-order valence-corrected chi connectivity index (χ4v) is 4.80. The van der Waals surface area contributed by atoms with Gasteiger partial charge in [-0.15, -0.1) is 0 Å². The highest BCUT2D eigenvalue weighted by Gasteiger charge is 2.41. The molecule has 0 spiro atoms. The lowest BCUT2D eigenvalue weighted by Gasteiger charge is -2.43. The lowest BCUT2D eigenvalue weighted by atomic mass is 9.91. The van der Waals surface area contributed by atoms with Crippen molar-refractivity contribution in [2.45, 2.75) is 50.4 Å². The van der Waals surface area contributed by atoms with E-state index >= 15 is 0 Å². The minimum Gasteiger partial charge on any atom is -0.350 e. The molecule has 3 N–H and O–H groups in total. The van der Waals surface area contributed by atoms with Crippen LogP contribution in [0.1, 0.15) is 52.8 Å². The molecular weight excluding hydrogens is 478 g/mol. The number of halogens is 3. The van der Waals surface area contributed by atoms with Crippen LogP contribution in [0.3, 0.4) is 0 Å². The van der Waals surface area contributed by atoms with Gasteiger partial charge in [0.15, 0.2) is 6.17 Å². The van der Waals surface area contributed by atoms with E-state index in [1.165, 1.54) is 9.80 Å². The van der Waals surface area contributed by atoms with Gasteiger partial charge in [-0.05, 0) is 68.5 Å². The number of benzene rings is 2. The molecule has 1 aliphatic heterocycles. The van der Waals surface area contributed by atoms with Crippen LogP contribution >= 0.6 is 11.6 Å². The molecule has 35 heavy (non-hydrogen) atoms. The highest BCUT2D eigenvalue weighted by atomic mass is 35.5. The zero-order valence-corrected chi connectivity index (χ0v) is 19.8. The summed E-state index contributed by atoms with van der Waals surface area (Å²) >= 11 is 5.95. The molecule has 0 aromatic heterocycles. The highest BCUT2D eigenvalue weighted by Crippen LogP contribution is 2.24. The second kappa shape index (κ2) is 10.7. The maximum absolute atomic E-state index is 13.8. The molecule has 186 valence electrons. The SMILES string of the molecule is NC1CCC(NC(=O)C2N(C(=O)c3ccc(Cl)cc3)CCCN2C(=O)c2cc(F)cc(F)c2)CC1. The summed E-state index contributed by atoms with van der Waals surface area (Å²) in [4.78, 5) is 42.8. The van der Waals surface area contributed by atoms with E-state index in [4.69, 9.17) is 17.3 Å². The first kappa shape index (κ1) is 25.1. The van der Waals surface area contributed by atoms with Crippen molar-refractivity contribution in [1.82, 2.24) is 15.1 Å². The molecule has 10 heteroatoms. The number of nitrogens with one attached hydrogen (secondary N) is 1. The Hall–Kier alpha value is -3.04. The van der Waals surface area contributed by atoms with E-state index in [1.54, 1.807) is 24.3 Å². The van der Waals surface area contributed by atoms with Crippen LogP contribution in [0, 0.1) is 11.6 Å². The zero-order valence-electron chi connectivity index (χ0n) is 19.1. The van der Waals surface area contributed by atoms with E-state index in [2.05, 4.69) is 5.32 Å². The number of carbonyl (C=O) groups excluding carboxylic acids is 3. The number of hydrogen-bond acceptors (Lipinski definition) is 4. The molecule has 1 saturated carbocycles. The number of rotatable bonds is 4. The van der Waals surface area contributed by atoms with Crippen molar-refractivity contribution < 1.29 is 23.2 Å². The van der Waals surface area contributed by atoms with Crippen molar-refractivity contribution in [3.63, 3.8) is 0 Å². The molecule has 1 aliphatic carbocycles. The van der Waals surface area contributed by atoms with Crippen molar-refractivity contribution in [2.24, 2.45) is 5.73 Å². The third-order valence-electron chi connectivity index (χ3n) is 6.46. The molecular formula is C25H27ClF2N4O3. The van der Waals surface area contributed by atoms with Crippen molar-refractivity contribution in [1.29, 1.82) is 0 Å². The molecule has 1 saturated heterocycles. The number of hydrogen-bond donors (Lipinski definition) is 2. The van der Waals surface area contributed by atoms with E-state index in [1.807, 2.05) is 0 Å². The summed E-state index contributed by atoms with van der Waals surface area (Å²) in [5, 5.41) is 3.42. The van der Waals surface area contributed by atoms with Crippen LogP contribution in [0.25, 0.3) is 0 Å². The van der Waals surface area contributed by atoms with Gasteiger partial charge in [-0.2, -0.15) is 0 Å². The minimum absolute atomic E-state index is 0.0850. The first-order valence-corrected chi connectivity index (χ1v) is 12.0. The van der Waals surface area contributed by atoms with Gasteiger partial charge in [0.2, 0.25) is 0 Å². The predicted octanol–water partition coefficient (Wildman–Crippen LogP) is 3.32. The molecule has 3 amide bonds. The van der Waals surface area contributed by atoms with Crippen LogP contribution in [0.4, 0.5) is 8.78 Å². The molecule has 4 rings (SSSR count). The van der Waals surface area contributed by atoms with Crippen LogP contribution in [0.2, 0.25) is 5.02 Å². The van der Waals surface area contributed by atoms with E-state index in [0.29, 0.717) is 35.9 Å². The van der Waals surface area contributed by atoms with Gasteiger partial charge in [0.25, 0.3) is 17.7 Å². The van der Waals surface area contributed by atoms with Gasteiger partial charge < -0.3 is 20.9 Å². The summed E-state index contributed by atoms with van der Waals surface area (Å²) in [6, 6.07) is 8.68. The normalized spacial score (nSPS) is 22.6. The second-order valence-corrected chi connectivity index (χ2v) is 9.45. The van der Waals surface area contributed by atoms with Gasteiger partial charge in [-0.3, -0.25) is 14.4 Å². The Morgan fingerprint density at radius 3 is 1.97 bits per heavy atom. The van der Waals surface area contributed by atoms with Crippen LogP contribution < -0.4 is 11.1 Å². The second-order valence-electron chi connectivity index (χ2n) is 9.01. The number of amides is 3. The van der Waals surface area contributed by atoms with Crippen LogP contribution in [-0.2, 0) is 4.79 Å². The summed E-state index contributed by atoms with van der Waals surface area (Å²) in [5.74, 6) is -3.51. The van der Waals surface area contributed by atoms with Gasteiger partial charge in [-0.25, -0.2) is 8.78 Å². The first-order valence-electron chi connectivity index (χ1n) is 11.6. The van der Waals surface area contributed by atoms with Crippen molar-refractivity contribution >= 4 is 29.3 Å². The lowest BCUT2D eigenvalue weighted by molar-refractivity contribution is -0.133. The average Bonchev–Trinajstić information content (AvgIpc) is 2.84. The van der Waals surface area contributed by atoms with E-state index in [0.717, 1.165) is 25.0 Å². The molecule has 2 aromatic carbocycles. The summed E-state index contributed by atoms with van der Waals surface area (Å²) in [7, 11) is 0. The van der Waals surface area contributed by atoms with E-state index < -0.39 is 35.5 Å². The Morgan fingerprint density at radius 2 is 1.40 bits per heavy atom. The molecule has 0 radical (unpaired) electrons. The van der Waals surface area contributed by atoms with E-state index in [-0.39, 0.29) is 30.7 Å². The molecule has 2 aromatic rings. The Kier molecular flexibility index (Phi) is 7.66. The third-order valence-corrected chi connectivity index (χ3v) is 6.72. The first-order chi connectivity index (χ1) is 16.7. The van der Waals surface area contributed by atoms with Crippen LogP contribution in [-0.4, -0.2) is 58.9 Å². The standard InChI is InChI=1S/C25H27ClF2N4O3/c26-17-4-2-15(3-5-17)24(34)31-10-1-11-32(25(35)16-12-18(27)14-19(28)13-16)23(31)22(33)30-21-8-6-20(29)7-9-21/h2-5,12-14,20-21,23H,1,6-11,29H2,(H,30,33). The smallest absolute Gasteiger partial charge is 0.264 e. The van der Waals surface area contributed by atoms with Gasteiger partial charge in [-0.1, -0.05) is 11.6 Å². The summed E-state index contributed by atoms with van der Waals surface area (Å²) in [5.41, 5.74) is 6.04. The fraction of sp³-hybridized carbons (Fsp3) is 0.400. The van der Waals surface area contributed by atoms with Crippen LogP contribution in [0.15, 0.2) is 42.5 Å². The molecule has 2 fully saturated rings.